The van der Waals surface area contributed by atoms with E-state index in [4.69, 9.17) is 15.3 Å². The topological polar surface area (TPSA) is 60.7 Å². The lowest BCUT2D eigenvalue weighted by Crippen LogP contribution is -2.04. The van der Waals surface area contributed by atoms with Gasteiger partial charge in [0.15, 0.2) is 0 Å². The van der Waals surface area contributed by atoms with Crippen LogP contribution in [0.4, 0.5) is 0 Å². The first kappa shape index (κ1) is 30.3. The highest BCUT2D eigenvalue weighted by atomic mass is 27.2. The molecular formula is C18H45AlO3. The van der Waals surface area contributed by atoms with Gasteiger partial charge in [0, 0.05) is 0 Å². The molecule has 0 aromatic carbocycles. The van der Waals surface area contributed by atoms with Gasteiger partial charge >= 0.3 is 0 Å². The molecular weight excluding hydrogens is 291 g/mol. The summed E-state index contributed by atoms with van der Waals surface area (Å²) in [7, 11) is 0. The van der Waals surface area contributed by atoms with Crippen LogP contribution in [0.2, 0.25) is 15.8 Å². The van der Waals surface area contributed by atoms with Gasteiger partial charge < -0.3 is 15.3 Å². The highest BCUT2D eigenvalue weighted by Gasteiger charge is 2.05. The third-order valence-electron chi connectivity index (χ3n) is 3.50. The summed E-state index contributed by atoms with van der Waals surface area (Å²) in [4.78, 5) is 0. The smallest absolute Gasteiger partial charge is 0.261 e. The van der Waals surface area contributed by atoms with Crippen LogP contribution in [0.25, 0.3) is 0 Å². The normalized spacial score (nSPS) is 13.1. The van der Waals surface area contributed by atoms with E-state index in [2.05, 4.69) is 20.8 Å². The summed E-state index contributed by atoms with van der Waals surface area (Å²) in [6.07, 6.45) is 2.24. The van der Waals surface area contributed by atoms with Crippen LogP contribution in [0.15, 0.2) is 0 Å². The number of aliphatic hydroxyl groups is 3. The zero-order chi connectivity index (χ0) is 18.6. The van der Waals surface area contributed by atoms with E-state index in [0.717, 1.165) is 19.3 Å². The minimum Gasteiger partial charge on any atom is -0.393 e. The van der Waals surface area contributed by atoms with Crippen molar-refractivity contribution in [3.63, 3.8) is 0 Å². The van der Waals surface area contributed by atoms with Crippen molar-refractivity contribution in [1.29, 1.82) is 0 Å². The molecule has 22 heavy (non-hydrogen) atoms. The molecule has 138 valence electrons. The molecule has 0 fully saturated rings. The van der Waals surface area contributed by atoms with Gasteiger partial charge in [-0.05, 0) is 40.0 Å². The number of aliphatic hydroxyl groups excluding tert-OH is 3. The molecule has 0 radical (unpaired) electrons. The number of hydrogen-bond donors (Lipinski definition) is 3. The Morgan fingerprint density at radius 2 is 0.682 bits per heavy atom. The summed E-state index contributed by atoms with van der Waals surface area (Å²) in [5, 5.41) is 29.6. The lowest BCUT2D eigenvalue weighted by atomic mass is 10.3. The first-order chi connectivity index (χ1) is 10.2. The Labute approximate surface area is 145 Å². The highest BCUT2D eigenvalue weighted by Crippen LogP contribution is 2.01. The van der Waals surface area contributed by atoms with E-state index < -0.39 is 0 Å². The lowest BCUT2D eigenvalue weighted by Gasteiger charge is -1.97. The van der Waals surface area contributed by atoms with Crippen molar-refractivity contribution < 1.29 is 15.3 Å². The zero-order valence-electron chi connectivity index (χ0n) is 16.9. The monoisotopic (exact) mass is 336 g/mol. The molecule has 0 rings (SSSR count). The van der Waals surface area contributed by atoms with Gasteiger partial charge in [-0.2, -0.15) is 0 Å². The SMILES string of the molecule is CCC(C)O.CCC(C)O.CCC(C)O.C[CH2][Al]([CH2]C)[CH2]C. The van der Waals surface area contributed by atoms with Gasteiger partial charge in [0.1, 0.15) is 0 Å². The third kappa shape index (κ3) is 49.9. The van der Waals surface area contributed by atoms with E-state index in [1.807, 2.05) is 20.8 Å². The third-order valence-corrected chi connectivity index (χ3v) is 6.97. The van der Waals surface area contributed by atoms with Crippen LogP contribution in [0.3, 0.4) is 0 Å². The summed E-state index contributed by atoms with van der Waals surface area (Å²) >= 11 is -0.171. The maximum absolute atomic E-state index is 8.36. The quantitative estimate of drug-likeness (QED) is 0.606. The van der Waals surface area contributed by atoms with Crippen LogP contribution < -0.4 is 0 Å². The molecule has 0 aromatic heterocycles. The van der Waals surface area contributed by atoms with Gasteiger partial charge in [-0.25, -0.2) is 0 Å². The molecule has 0 heterocycles. The van der Waals surface area contributed by atoms with Crippen LogP contribution in [0, 0.1) is 0 Å². The molecule has 3 atom stereocenters. The van der Waals surface area contributed by atoms with Crippen LogP contribution in [0.5, 0.6) is 0 Å². The fourth-order valence-electron chi connectivity index (χ4n) is 0.866. The van der Waals surface area contributed by atoms with Crippen LogP contribution in [-0.2, 0) is 0 Å². The van der Waals surface area contributed by atoms with Gasteiger partial charge in [0.2, 0.25) is 0 Å². The van der Waals surface area contributed by atoms with Crippen molar-refractivity contribution in [2.75, 3.05) is 0 Å². The molecule has 3 N–H and O–H groups in total. The van der Waals surface area contributed by atoms with E-state index in [-0.39, 0.29) is 32.5 Å². The van der Waals surface area contributed by atoms with Crippen molar-refractivity contribution in [3.8, 4) is 0 Å². The van der Waals surface area contributed by atoms with Gasteiger partial charge in [-0.15, -0.1) is 0 Å². The molecule has 0 saturated carbocycles. The standard InChI is InChI=1S/3C4H10O.3C2H5.Al/c3*1-3-4(2)5;3*1-2;/h3*4-5H,3H2,1-2H3;3*1H2,2H3;. The Balaban J connectivity index is -0.0000000995. The Morgan fingerprint density at radius 1 is 0.545 bits per heavy atom. The molecule has 0 aliphatic heterocycles. The van der Waals surface area contributed by atoms with E-state index in [9.17, 15) is 0 Å². The molecule has 3 nitrogen and oxygen atoms in total. The summed E-state index contributed by atoms with van der Waals surface area (Å²) < 4.78 is 0. The minimum absolute atomic E-state index is 0.116. The van der Waals surface area contributed by atoms with Gasteiger partial charge in [-0.3, -0.25) is 0 Å². The first-order valence-corrected chi connectivity index (χ1v) is 11.6. The van der Waals surface area contributed by atoms with Crippen molar-refractivity contribution in [2.45, 2.75) is 116 Å². The van der Waals surface area contributed by atoms with Crippen LogP contribution >= 0.6 is 0 Å². The zero-order valence-corrected chi connectivity index (χ0v) is 18.0. The van der Waals surface area contributed by atoms with E-state index in [1.54, 1.807) is 20.8 Å². The Morgan fingerprint density at radius 3 is 0.682 bits per heavy atom. The second-order valence-corrected chi connectivity index (χ2v) is 10.0. The molecule has 0 aliphatic rings. The average Bonchev–Trinajstić information content (AvgIpc) is 2.50. The van der Waals surface area contributed by atoms with Crippen molar-refractivity contribution in [1.82, 2.24) is 0 Å². The van der Waals surface area contributed by atoms with E-state index in [0.29, 0.717) is 0 Å². The molecule has 4 heteroatoms. The number of rotatable bonds is 6. The van der Waals surface area contributed by atoms with Gasteiger partial charge in [0.05, 0.1) is 18.3 Å². The number of hydrogen-bond acceptors (Lipinski definition) is 3. The van der Waals surface area contributed by atoms with Crippen molar-refractivity contribution in [3.05, 3.63) is 0 Å². The fraction of sp³-hybridized carbons (Fsp3) is 1.00. The summed E-state index contributed by atoms with van der Waals surface area (Å²) in [5.74, 6) is 0. The molecule has 0 aliphatic carbocycles. The predicted molar refractivity (Wildman–Crippen MR) is 103 cm³/mol. The molecule has 0 amide bonds. The minimum atomic E-state index is -0.171. The molecule has 0 bridgehead atoms. The summed E-state index contributed by atoms with van der Waals surface area (Å²) in [5.41, 5.74) is 0. The van der Waals surface area contributed by atoms with Crippen LogP contribution in [-0.4, -0.2) is 47.8 Å². The maximum atomic E-state index is 8.36. The molecule has 0 aromatic rings. The second kappa shape index (κ2) is 26.3. The Bertz CT molecular complexity index is 134. The molecule has 0 spiro atoms. The average molecular weight is 337 g/mol. The predicted octanol–water partition coefficient (Wildman–Crippen LogP) is 4.87. The highest BCUT2D eigenvalue weighted by molar-refractivity contribution is 6.58. The van der Waals surface area contributed by atoms with Gasteiger partial charge in [0.25, 0.3) is 14.1 Å². The van der Waals surface area contributed by atoms with E-state index >= 15 is 0 Å². The Kier molecular flexibility index (Phi) is 36.3. The second-order valence-electron chi connectivity index (χ2n) is 5.86. The molecule has 0 saturated heterocycles. The van der Waals surface area contributed by atoms with Gasteiger partial charge in [-0.1, -0.05) is 57.4 Å². The fourth-order valence-corrected chi connectivity index (χ4v) is 2.60. The van der Waals surface area contributed by atoms with Crippen LogP contribution in [0.1, 0.15) is 81.6 Å². The van der Waals surface area contributed by atoms with Crippen molar-refractivity contribution >= 4 is 14.1 Å². The summed E-state index contributed by atoms with van der Waals surface area (Å²) in [6, 6.07) is 0. The first-order valence-electron chi connectivity index (χ1n) is 9.20. The van der Waals surface area contributed by atoms with Crippen molar-refractivity contribution in [2.24, 2.45) is 0 Å². The molecule has 3 unspecified atom stereocenters. The maximum Gasteiger partial charge on any atom is 0.261 e. The largest absolute Gasteiger partial charge is 0.393 e. The Hall–Kier alpha value is 0.412. The summed E-state index contributed by atoms with van der Waals surface area (Å²) in [6.45, 7) is 18.2. The van der Waals surface area contributed by atoms with E-state index in [1.165, 1.54) is 15.8 Å². The lowest BCUT2D eigenvalue weighted by molar-refractivity contribution is 0.190.